The molecule has 0 radical (unpaired) electrons. The maximum atomic E-state index is 12.5. The molecule has 1 N–H and O–H groups in total. The van der Waals surface area contributed by atoms with Crippen LogP contribution in [-0.4, -0.2) is 37.1 Å². The first kappa shape index (κ1) is 17.9. The summed E-state index contributed by atoms with van der Waals surface area (Å²) in [6.45, 7) is 7.21. The second-order valence-electron chi connectivity index (χ2n) is 6.22. The molecule has 4 nitrogen and oxygen atoms in total. The van der Waals surface area contributed by atoms with Gasteiger partial charge in [0.25, 0.3) is 0 Å². The number of benzene rings is 2. The van der Waals surface area contributed by atoms with Gasteiger partial charge in [0, 0.05) is 31.9 Å². The molecule has 0 saturated carbocycles. The number of halogens is 2. The van der Waals surface area contributed by atoms with Gasteiger partial charge in [0.2, 0.25) is 0 Å². The molecule has 2 aromatic rings. The highest BCUT2D eigenvalue weighted by Gasteiger charge is 2.23. The van der Waals surface area contributed by atoms with Crippen molar-refractivity contribution >= 4 is 40.6 Å². The smallest absolute Gasteiger partial charge is 0.322 e. The van der Waals surface area contributed by atoms with Gasteiger partial charge >= 0.3 is 6.03 Å². The lowest BCUT2D eigenvalue weighted by Crippen LogP contribution is -2.50. The van der Waals surface area contributed by atoms with Gasteiger partial charge < -0.3 is 15.1 Å². The summed E-state index contributed by atoms with van der Waals surface area (Å²) in [6.07, 6.45) is 0. The molecule has 1 saturated heterocycles. The number of nitrogens with zero attached hydrogens (tertiary/aromatic N) is 2. The molecule has 0 unspecified atom stereocenters. The van der Waals surface area contributed by atoms with E-state index in [4.69, 9.17) is 23.2 Å². The molecule has 0 spiro atoms. The summed E-state index contributed by atoms with van der Waals surface area (Å²) in [7, 11) is 0. The number of nitrogens with one attached hydrogen (secondary N) is 1. The van der Waals surface area contributed by atoms with Gasteiger partial charge in [-0.3, -0.25) is 0 Å². The second-order valence-corrected chi connectivity index (χ2v) is 7.01. The molecule has 25 heavy (non-hydrogen) atoms. The molecule has 0 aliphatic carbocycles. The Kier molecular flexibility index (Phi) is 5.40. The predicted molar refractivity (Wildman–Crippen MR) is 105 cm³/mol. The maximum Gasteiger partial charge on any atom is 0.322 e. The van der Waals surface area contributed by atoms with Gasteiger partial charge in [-0.25, -0.2) is 4.79 Å². The Morgan fingerprint density at radius 2 is 1.68 bits per heavy atom. The van der Waals surface area contributed by atoms with Crippen LogP contribution < -0.4 is 10.2 Å². The average molecular weight is 378 g/mol. The van der Waals surface area contributed by atoms with Gasteiger partial charge in [-0.1, -0.05) is 41.4 Å². The quantitative estimate of drug-likeness (QED) is 0.801. The van der Waals surface area contributed by atoms with Gasteiger partial charge in [-0.15, -0.1) is 0 Å². The van der Waals surface area contributed by atoms with Crippen molar-refractivity contribution in [2.24, 2.45) is 0 Å². The van der Waals surface area contributed by atoms with Crippen LogP contribution in [0.1, 0.15) is 11.1 Å². The molecule has 0 atom stereocenters. The Morgan fingerprint density at radius 1 is 1.00 bits per heavy atom. The molecule has 3 rings (SSSR count). The number of carbonyl (C=O) groups excluding carboxylic acids is 1. The van der Waals surface area contributed by atoms with E-state index in [-0.39, 0.29) is 6.03 Å². The normalized spacial score (nSPS) is 14.6. The van der Waals surface area contributed by atoms with E-state index in [1.165, 1.54) is 16.8 Å². The van der Waals surface area contributed by atoms with Crippen LogP contribution >= 0.6 is 23.2 Å². The fraction of sp³-hybridized carbons (Fsp3) is 0.316. The maximum absolute atomic E-state index is 12.5. The van der Waals surface area contributed by atoms with Crippen LogP contribution in [0.15, 0.2) is 36.4 Å². The number of rotatable bonds is 2. The van der Waals surface area contributed by atoms with E-state index in [1.807, 2.05) is 0 Å². The van der Waals surface area contributed by atoms with E-state index in [0.29, 0.717) is 28.8 Å². The lowest BCUT2D eigenvalue weighted by molar-refractivity contribution is 0.208. The lowest BCUT2D eigenvalue weighted by Gasteiger charge is -2.37. The molecule has 132 valence electrons. The molecule has 2 aromatic carbocycles. The average Bonchev–Trinajstić information content (AvgIpc) is 2.61. The van der Waals surface area contributed by atoms with Gasteiger partial charge in [0.05, 0.1) is 15.7 Å². The first-order valence-electron chi connectivity index (χ1n) is 8.28. The van der Waals surface area contributed by atoms with Crippen LogP contribution in [-0.2, 0) is 0 Å². The first-order valence-corrected chi connectivity index (χ1v) is 9.04. The molecule has 1 aliphatic rings. The zero-order chi connectivity index (χ0) is 18.0. The highest BCUT2D eigenvalue weighted by Crippen LogP contribution is 2.30. The Bertz CT molecular complexity index is 786. The van der Waals surface area contributed by atoms with Crippen molar-refractivity contribution in [1.29, 1.82) is 0 Å². The number of carbonyl (C=O) groups is 1. The number of piperazine rings is 1. The second kappa shape index (κ2) is 7.54. The van der Waals surface area contributed by atoms with E-state index in [1.54, 1.807) is 23.1 Å². The Balaban J connectivity index is 1.63. The number of hydrogen-bond acceptors (Lipinski definition) is 2. The third-order valence-electron chi connectivity index (χ3n) is 4.68. The largest absolute Gasteiger partial charge is 0.368 e. The third kappa shape index (κ3) is 3.86. The topological polar surface area (TPSA) is 35.6 Å². The number of urea groups is 1. The molecule has 0 bridgehead atoms. The summed E-state index contributed by atoms with van der Waals surface area (Å²) >= 11 is 12.1. The predicted octanol–water partition coefficient (Wildman–Crippen LogP) is 4.96. The summed E-state index contributed by atoms with van der Waals surface area (Å²) in [5.74, 6) is 0. The van der Waals surface area contributed by atoms with Gasteiger partial charge in [-0.05, 0) is 43.2 Å². The highest BCUT2D eigenvalue weighted by molar-refractivity contribution is 6.43. The van der Waals surface area contributed by atoms with Crippen molar-refractivity contribution in [2.45, 2.75) is 13.8 Å². The first-order chi connectivity index (χ1) is 12.0. The standard InChI is InChI=1S/C19H21Cl2N3O/c1-13-5-3-8-17(14(13)2)23-9-11-24(12-10-23)19(25)22-16-7-4-6-15(20)18(16)21/h3-8H,9-12H2,1-2H3,(H,22,25). The third-order valence-corrected chi connectivity index (χ3v) is 5.50. The minimum atomic E-state index is -0.148. The van der Waals surface area contributed by atoms with Crippen LogP contribution in [0.4, 0.5) is 16.2 Å². The number of amides is 2. The minimum Gasteiger partial charge on any atom is -0.368 e. The van der Waals surface area contributed by atoms with Crippen molar-refractivity contribution in [1.82, 2.24) is 4.90 Å². The fourth-order valence-electron chi connectivity index (χ4n) is 3.02. The summed E-state index contributed by atoms with van der Waals surface area (Å²) in [5.41, 5.74) is 4.37. The Morgan fingerprint density at radius 3 is 2.40 bits per heavy atom. The van der Waals surface area contributed by atoms with Gasteiger partial charge in [0.15, 0.2) is 0 Å². The highest BCUT2D eigenvalue weighted by atomic mass is 35.5. The number of hydrogen-bond donors (Lipinski definition) is 1. The minimum absolute atomic E-state index is 0.148. The van der Waals surface area contributed by atoms with Crippen LogP contribution in [0, 0.1) is 13.8 Å². The zero-order valence-electron chi connectivity index (χ0n) is 14.4. The lowest BCUT2D eigenvalue weighted by atomic mass is 10.1. The van der Waals surface area contributed by atoms with Gasteiger partial charge in [-0.2, -0.15) is 0 Å². The molecule has 1 aliphatic heterocycles. The summed E-state index contributed by atoms with van der Waals surface area (Å²) in [4.78, 5) is 16.6. The van der Waals surface area contributed by atoms with E-state index in [9.17, 15) is 4.79 Å². The summed E-state index contributed by atoms with van der Waals surface area (Å²) in [5, 5.41) is 3.64. The van der Waals surface area contributed by atoms with Crippen LogP contribution in [0.2, 0.25) is 10.0 Å². The Labute approximate surface area is 158 Å². The van der Waals surface area contributed by atoms with Crippen molar-refractivity contribution in [3.8, 4) is 0 Å². The SMILES string of the molecule is Cc1cccc(N2CCN(C(=O)Nc3cccc(Cl)c3Cl)CC2)c1C. The summed E-state index contributed by atoms with van der Waals surface area (Å²) < 4.78 is 0. The molecular weight excluding hydrogens is 357 g/mol. The Hall–Kier alpha value is -1.91. The van der Waals surface area contributed by atoms with Crippen LogP contribution in [0.25, 0.3) is 0 Å². The van der Waals surface area contributed by atoms with E-state index in [2.05, 4.69) is 42.3 Å². The van der Waals surface area contributed by atoms with E-state index < -0.39 is 0 Å². The zero-order valence-corrected chi connectivity index (χ0v) is 15.9. The van der Waals surface area contributed by atoms with Crippen LogP contribution in [0.3, 0.4) is 0 Å². The van der Waals surface area contributed by atoms with Crippen molar-refractivity contribution in [3.63, 3.8) is 0 Å². The molecule has 1 fully saturated rings. The van der Waals surface area contributed by atoms with Gasteiger partial charge in [0.1, 0.15) is 0 Å². The number of anilines is 2. The van der Waals surface area contributed by atoms with E-state index in [0.717, 1.165) is 13.1 Å². The fourth-order valence-corrected chi connectivity index (χ4v) is 3.37. The van der Waals surface area contributed by atoms with Crippen molar-refractivity contribution in [2.75, 3.05) is 36.4 Å². The molecule has 2 amide bonds. The molecule has 6 heteroatoms. The summed E-state index contributed by atoms with van der Waals surface area (Å²) in [6, 6.07) is 11.4. The van der Waals surface area contributed by atoms with Crippen molar-refractivity contribution < 1.29 is 4.79 Å². The van der Waals surface area contributed by atoms with Crippen molar-refractivity contribution in [3.05, 3.63) is 57.6 Å². The van der Waals surface area contributed by atoms with Crippen LogP contribution in [0.5, 0.6) is 0 Å². The molecule has 1 heterocycles. The van der Waals surface area contributed by atoms with E-state index >= 15 is 0 Å². The molecule has 0 aromatic heterocycles. The monoisotopic (exact) mass is 377 g/mol. The molecular formula is C19H21Cl2N3O. The number of aryl methyl sites for hydroxylation is 1.